The summed E-state index contributed by atoms with van der Waals surface area (Å²) < 4.78 is 0. The van der Waals surface area contributed by atoms with E-state index in [9.17, 15) is 29.9 Å². The maximum absolute atomic E-state index is 11.7. The summed E-state index contributed by atoms with van der Waals surface area (Å²) in [5, 5.41) is 38.4. The molecule has 1 rings (SSSR count). The topological polar surface area (TPSA) is 138 Å². The molecule has 0 heterocycles. The number of rotatable bonds is 9. The molecular formula is C16H19NO7. The Morgan fingerprint density at radius 2 is 1.79 bits per heavy atom. The molecule has 1 aromatic carbocycles. The molecule has 24 heavy (non-hydrogen) atoms. The van der Waals surface area contributed by atoms with Crippen LogP contribution in [0.5, 0.6) is 11.5 Å². The lowest BCUT2D eigenvalue weighted by molar-refractivity contribution is -0.386. The van der Waals surface area contributed by atoms with Gasteiger partial charge in [0, 0.05) is 12.5 Å². The van der Waals surface area contributed by atoms with Crippen molar-refractivity contribution >= 4 is 23.5 Å². The van der Waals surface area contributed by atoms with Crippen LogP contribution in [0.4, 0.5) is 5.69 Å². The molecule has 0 unspecified atom stereocenters. The van der Waals surface area contributed by atoms with Crippen LogP contribution in [0.1, 0.15) is 44.6 Å². The molecule has 0 atom stereocenters. The van der Waals surface area contributed by atoms with Gasteiger partial charge >= 0.3 is 11.7 Å². The van der Waals surface area contributed by atoms with Gasteiger partial charge in [-0.15, -0.1) is 0 Å². The van der Waals surface area contributed by atoms with E-state index in [1.54, 1.807) is 0 Å². The van der Waals surface area contributed by atoms with Crippen LogP contribution in [0.3, 0.4) is 0 Å². The molecule has 0 radical (unpaired) electrons. The van der Waals surface area contributed by atoms with Crippen LogP contribution in [0.15, 0.2) is 17.7 Å². The molecule has 0 aliphatic heterocycles. The fourth-order valence-corrected chi connectivity index (χ4v) is 2.17. The Balaban J connectivity index is 2.90. The quantitative estimate of drug-likeness (QED) is 0.207. The van der Waals surface area contributed by atoms with E-state index in [-0.39, 0.29) is 17.8 Å². The van der Waals surface area contributed by atoms with Crippen LogP contribution >= 0.6 is 0 Å². The minimum Gasteiger partial charge on any atom is -0.504 e. The summed E-state index contributed by atoms with van der Waals surface area (Å²) in [6.07, 6.45) is 3.63. The number of unbranched alkanes of at least 4 members (excludes halogenated alkanes) is 2. The standard InChI is InChI=1S/C16H19NO7/c1-10(18)12(5-3-2-4-6-15(20)21)7-11-8-13(17(23)24)16(22)14(19)9-11/h7-9,19,22H,2-6H2,1H3,(H,20,21)/b12-7+. The third-order valence-electron chi connectivity index (χ3n) is 3.42. The number of nitro benzene ring substituents is 1. The van der Waals surface area contributed by atoms with Crippen molar-refractivity contribution in [2.75, 3.05) is 0 Å². The first kappa shape index (κ1) is 19.1. The number of Topliss-reactive ketones (excluding diaryl/α,β-unsaturated/α-hetero) is 1. The van der Waals surface area contributed by atoms with Crippen LogP contribution in [-0.2, 0) is 9.59 Å². The Bertz CT molecular complexity index is 679. The van der Waals surface area contributed by atoms with E-state index in [2.05, 4.69) is 0 Å². The van der Waals surface area contributed by atoms with Crippen molar-refractivity contribution < 1.29 is 29.8 Å². The fourth-order valence-electron chi connectivity index (χ4n) is 2.17. The summed E-state index contributed by atoms with van der Waals surface area (Å²) in [6.45, 7) is 1.36. The maximum Gasteiger partial charge on any atom is 0.315 e. The van der Waals surface area contributed by atoms with Gasteiger partial charge in [-0.1, -0.05) is 6.42 Å². The molecule has 0 aliphatic rings. The second-order valence-electron chi connectivity index (χ2n) is 5.35. The van der Waals surface area contributed by atoms with E-state index in [0.29, 0.717) is 31.3 Å². The number of hydrogen-bond acceptors (Lipinski definition) is 6. The second-order valence-corrected chi connectivity index (χ2v) is 5.35. The van der Waals surface area contributed by atoms with Gasteiger partial charge in [0.15, 0.2) is 11.5 Å². The van der Waals surface area contributed by atoms with Crippen molar-refractivity contribution in [3.63, 3.8) is 0 Å². The molecule has 130 valence electrons. The van der Waals surface area contributed by atoms with E-state index in [0.717, 1.165) is 12.1 Å². The highest BCUT2D eigenvalue weighted by Gasteiger charge is 2.18. The van der Waals surface area contributed by atoms with Crippen molar-refractivity contribution in [2.24, 2.45) is 0 Å². The Labute approximate surface area is 138 Å². The summed E-state index contributed by atoms with van der Waals surface area (Å²) in [5.41, 5.74) is -0.0111. The maximum atomic E-state index is 11.7. The minimum atomic E-state index is -0.871. The summed E-state index contributed by atoms with van der Waals surface area (Å²) in [5.74, 6) is -2.55. The molecule has 1 aromatic rings. The Morgan fingerprint density at radius 3 is 2.33 bits per heavy atom. The number of aliphatic carboxylic acids is 1. The van der Waals surface area contributed by atoms with Crippen LogP contribution in [0.2, 0.25) is 0 Å². The number of aromatic hydroxyl groups is 2. The molecule has 3 N–H and O–H groups in total. The molecule has 0 amide bonds. The van der Waals surface area contributed by atoms with Gasteiger partial charge in [0.05, 0.1) is 4.92 Å². The molecular weight excluding hydrogens is 318 g/mol. The predicted octanol–water partition coefficient (Wildman–Crippen LogP) is 3.01. The van der Waals surface area contributed by atoms with Crippen molar-refractivity contribution in [3.8, 4) is 11.5 Å². The summed E-state index contributed by atoms with van der Waals surface area (Å²) in [6, 6.07) is 2.21. The number of carbonyl (C=O) groups excluding carboxylic acids is 1. The van der Waals surface area contributed by atoms with E-state index in [1.807, 2.05) is 0 Å². The zero-order chi connectivity index (χ0) is 18.3. The number of benzene rings is 1. The number of carbonyl (C=O) groups is 2. The first-order valence-corrected chi connectivity index (χ1v) is 7.36. The van der Waals surface area contributed by atoms with E-state index >= 15 is 0 Å². The van der Waals surface area contributed by atoms with Crippen LogP contribution in [-0.4, -0.2) is 32.0 Å². The predicted molar refractivity (Wildman–Crippen MR) is 85.8 cm³/mol. The van der Waals surface area contributed by atoms with Gasteiger partial charge in [-0.05, 0) is 49.5 Å². The van der Waals surface area contributed by atoms with Crippen molar-refractivity contribution in [2.45, 2.75) is 39.0 Å². The number of nitro groups is 1. The van der Waals surface area contributed by atoms with Crippen molar-refractivity contribution in [1.29, 1.82) is 0 Å². The minimum absolute atomic E-state index is 0.0666. The largest absolute Gasteiger partial charge is 0.504 e. The number of phenolic OH excluding ortho intramolecular Hbond substituents is 2. The fraction of sp³-hybridized carbons (Fsp3) is 0.375. The lowest BCUT2D eigenvalue weighted by atomic mass is 10.0. The van der Waals surface area contributed by atoms with Crippen LogP contribution < -0.4 is 0 Å². The van der Waals surface area contributed by atoms with Gasteiger partial charge < -0.3 is 15.3 Å². The number of carboxylic acid groups (broad SMARTS) is 1. The molecule has 0 aliphatic carbocycles. The summed E-state index contributed by atoms with van der Waals surface area (Å²) in [4.78, 5) is 32.1. The Kier molecular flexibility index (Phi) is 6.91. The smallest absolute Gasteiger partial charge is 0.315 e. The Morgan fingerprint density at radius 1 is 1.17 bits per heavy atom. The third kappa shape index (κ3) is 5.71. The number of allylic oxidation sites excluding steroid dienone is 1. The summed E-state index contributed by atoms with van der Waals surface area (Å²) >= 11 is 0. The van der Waals surface area contributed by atoms with Crippen LogP contribution in [0.25, 0.3) is 6.08 Å². The number of phenols is 2. The third-order valence-corrected chi connectivity index (χ3v) is 3.42. The van der Waals surface area contributed by atoms with Gasteiger partial charge in [-0.2, -0.15) is 0 Å². The van der Waals surface area contributed by atoms with Crippen LogP contribution in [0, 0.1) is 10.1 Å². The highest BCUT2D eigenvalue weighted by Crippen LogP contribution is 2.36. The number of ketones is 1. The average Bonchev–Trinajstić information content (AvgIpc) is 2.48. The molecule has 8 heteroatoms. The van der Waals surface area contributed by atoms with Crippen molar-refractivity contribution in [1.82, 2.24) is 0 Å². The van der Waals surface area contributed by atoms with Gasteiger partial charge in [-0.3, -0.25) is 19.7 Å². The first-order valence-electron chi connectivity index (χ1n) is 7.36. The molecule has 0 aromatic heterocycles. The molecule has 0 spiro atoms. The molecule has 0 saturated heterocycles. The number of carboxylic acids is 1. The number of nitrogens with zero attached hydrogens (tertiary/aromatic N) is 1. The lowest BCUT2D eigenvalue weighted by Gasteiger charge is -2.06. The highest BCUT2D eigenvalue weighted by molar-refractivity contribution is 5.97. The first-order chi connectivity index (χ1) is 11.2. The van der Waals surface area contributed by atoms with Crippen molar-refractivity contribution in [3.05, 3.63) is 33.4 Å². The zero-order valence-electron chi connectivity index (χ0n) is 13.2. The normalized spacial score (nSPS) is 11.3. The van der Waals surface area contributed by atoms with E-state index in [1.165, 1.54) is 13.0 Å². The SMILES string of the molecule is CC(=O)/C(=C/c1cc(O)c(O)c([N+](=O)[O-])c1)CCCCCC(=O)O. The highest BCUT2D eigenvalue weighted by atomic mass is 16.6. The lowest BCUT2D eigenvalue weighted by Crippen LogP contribution is -1.98. The van der Waals surface area contributed by atoms with Gasteiger partial charge in [0.1, 0.15) is 0 Å². The molecule has 8 nitrogen and oxygen atoms in total. The van der Waals surface area contributed by atoms with Gasteiger partial charge in [-0.25, -0.2) is 0 Å². The second kappa shape index (κ2) is 8.66. The average molecular weight is 337 g/mol. The molecule has 0 fully saturated rings. The monoisotopic (exact) mass is 337 g/mol. The van der Waals surface area contributed by atoms with E-state index in [4.69, 9.17) is 5.11 Å². The zero-order valence-corrected chi connectivity index (χ0v) is 13.2. The van der Waals surface area contributed by atoms with Gasteiger partial charge in [0.2, 0.25) is 5.75 Å². The Hall–Kier alpha value is -2.90. The molecule has 0 saturated carbocycles. The number of hydrogen-bond donors (Lipinski definition) is 3. The van der Waals surface area contributed by atoms with E-state index < -0.39 is 28.1 Å². The van der Waals surface area contributed by atoms with Gasteiger partial charge in [0.25, 0.3) is 0 Å². The summed E-state index contributed by atoms with van der Waals surface area (Å²) in [7, 11) is 0. The molecule has 0 bridgehead atoms.